The fourth-order valence-electron chi connectivity index (χ4n) is 5.36. The number of hydrogen-bond donors (Lipinski definition) is 3. The summed E-state index contributed by atoms with van der Waals surface area (Å²) in [7, 11) is -0.296. The maximum atomic E-state index is 13.5. The third kappa shape index (κ3) is 4.47. The van der Waals surface area contributed by atoms with Crippen molar-refractivity contribution in [2.75, 3.05) is 60.1 Å². The van der Waals surface area contributed by atoms with Gasteiger partial charge in [0.05, 0.1) is 31.8 Å². The Balaban J connectivity index is 1.37. The number of methoxy groups -OCH3 is 1. The van der Waals surface area contributed by atoms with E-state index in [2.05, 4.69) is 20.5 Å². The third-order valence-corrected chi connectivity index (χ3v) is 9.19. The van der Waals surface area contributed by atoms with Crippen LogP contribution >= 0.6 is 0 Å². The van der Waals surface area contributed by atoms with E-state index in [1.165, 1.54) is 7.11 Å². The average Bonchev–Trinajstić information content (AvgIpc) is 3.36. The lowest BCUT2D eigenvalue weighted by atomic mass is 9.92. The highest BCUT2D eigenvalue weighted by atomic mass is 32.2. The number of rotatable bonds is 6. The number of hydrogen-bond acceptors (Lipinski definition) is 9. The van der Waals surface area contributed by atoms with Crippen LogP contribution in [-0.2, 0) is 20.4 Å². The van der Waals surface area contributed by atoms with Crippen LogP contribution in [0.4, 0.5) is 0 Å². The number of piperidine rings is 1. The van der Waals surface area contributed by atoms with E-state index in [4.69, 9.17) is 15.2 Å². The van der Waals surface area contributed by atoms with Crippen molar-refractivity contribution >= 4 is 15.9 Å². The Morgan fingerprint density at radius 2 is 1.97 bits per heavy atom. The quantitative estimate of drug-likeness (QED) is 0.509. The zero-order valence-corrected chi connectivity index (χ0v) is 21.1. The second kappa shape index (κ2) is 9.55. The Kier molecular flexibility index (Phi) is 6.62. The van der Waals surface area contributed by atoms with Gasteiger partial charge in [0.15, 0.2) is 0 Å². The van der Waals surface area contributed by atoms with Gasteiger partial charge < -0.3 is 25.8 Å². The van der Waals surface area contributed by atoms with E-state index in [0.29, 0.717) is 42.8 Å². The van der Waals surface area contributed by atoms with Crippen molar-refractivity contribution in [3.63, 3.8) is 0 Å². The number of likely N-dealkylation sites (N-methyl/N-ethyl adjacent to an activating group) is 1. The van der Waals surface area contributed by atoms with E-state index in [0.717, 1.165) is 50.4 Å². The molecule has 0 amide bonds. The van der Waals surface area contributed by atoms with Gasteiger partial charge in [0.2, 0.25) is 10.0 Å². The summed E-state index contributed by atoms with van der Waals surface area (Å²) in [5.74, 6) is 1.11. The number of nitrogens with one attached hydrogen (secondary N) is 2. The first-order chi connectivity index (χ1) is 16.9. The Morgan fingerprint density at radius 3 is 2.66 bits per heavy atom. The molecule has 1 aromatic rings. The van der Waals surface area contributed by atoms with Gasteiger partial charge in [-0.2, -0.15) is 4.31 Å². The molecule has 2 fully saturated rings. The molecule has 2 saturated heterocycles. The van der Waals surface area contributed by atoms with Crippen molar-refractivity contribution in [1.29, 1.82) is 0 Å². The van der Waals surface area contributed by atoms with Crippen LogP contribution in [0.2, 0.25) is 0 Å². The van der Waals surface area contributed by atoms with E-state index in [-0.39, 0.29) is 4.90 Å². The van der Waals surface area contributed by atoms with Gasteiger partial charge in [-0.1, -0.05) is 6.08 Å². The molecule has 35 heavy (non-hydrogen) atoms. The van der Waals surface area contributed by atoms with Crippen LogP contribution in [0.25, 0.3) is 0 Å². The van der Waals surface area contributed by atoms with Gasteiger partial charge in [0, 0.05) is 62.2 Å². The lowest BCUT2D eigenvalue weighted by Crippen LogP contribution is -2.55. The molecule has 4 N–H and O–H groups in total. The molecule has 1 aromatic carbocycles. The molecule has 0 aromatic heterocycles. The molecule has 0 aliphatic carbocycles. The van der Waals surface area contributed by atoms with Crippen molar-refractivity contribution in [1.82, 2.24) is 19.8 Å². The molecule has 5 rings (SSSR count). The molecule has 190 valence electrons. The molecule has 1 atom stereocenters. The lowest BCUT2D eigenvalue weighted by Gasteiger charge is -2.39. The van der Waals surface area contributed by atoms with E-state index in [1.54, 1.807) is 22.5 Å². The fourth-order valence-corrected chi connectivity index (χ4v) is 6.84. The van der Waals surface area contributed by atoms with Crippen LogP contribution in [0.3, 0.4) is 0 Å². The highest BCUT2D eigenvalue weighted by molar-refractivity contribution is 7.89. The molecule has 10 nitrogen and oxygen atoms in total. The lowest BCUT2D eigenvalue weighted by molar-refractivity contribution is 0.00610. The van der Waals surface area contributed by atoms with Crippen molar-refractivity contribution in [2.45, 2.75) is 29.4 Å². The third-order valence-electron chi connectivity index (χ3n) is 7.30. The first kappa shape index (κ1) is 24.3. The first-order valence-corrected chi connectivity index (χ1v) is 13.5. The predicted molar refractivity (Wildman–Crippen MR) is 134 cm³/mol. The second-order valence-electron chi connectivity index (χ2n) is 9.25. The minimum Gasteiger partial charge on any atom is -0.496 e. The zero-order chi connectivity index (χ0) is 24.6. The smallest absolute Gasteiger partial charge is 0.243 e. The average molecular weight is 503 g/mol. The monoisotopic (exact) mass is 502 g/mol. The number of nitrogens with zero attached hydrogens (tertiary/aromatic N) is 3. The second-order valence-corrected chi connectivity index (χ2v) is 11.2. The number of nitrogens with two attached hydrogens (primary N) is 1. The minimum atomic E-state index is -3.66. The Hall–Kier alpha value is -2.44. The highest BCUT2D eigenvalue weighted by Gasteiger charge is 2.38. The van der Waals surface area contributed by atoms with E-state index < -0.39 is 15.7 Å². The zero-order valence-electron chi connectivity index (χ0n) is 20.3. The van der Waals surface area contributed by atoms with Crippen molar-refractivity contribution in [3.8, 4) is 5.75 Å². The SMILES string of the molecule is CNC1=CC(N)(c2ccc(S(=O)(=O)N3CCC(N4CCOCC4)CC3)cc2OC)NC2=NCC=C12. The molecule has 4 aliphatic heterocycles. The van der Waals surface area contributed by atoms with Crippen LogP contribution in [0, 0.1) is 0 Å². The molecule has 11 heteroatoms. The van der Waals surface area contributed by atoms with Gasteiger partial charge in [0.25, 0.3) is 0 Å². The molecular weight excluding hydrogens is 468 g/mol. The summed E-state index contributed by atoms with van der Waals surface area (Å²) in [6, 6.07) is 5.32. The number of sulfonamides is 1. The topological polar surface area (TPSA) is 122 Å². The molecule has 0 radical (unpaired) electrons. The largest absolute Gasteiger partial charge is 0.496 e. The van der Waals surface area contributed by atoms with Gasteiger partial charge in [-0.05, 0) is 31.1 Å². The van der Waals surface area contributed by atoms with Crippen LogP contribution in [-0.4, -0.2) is 89.6 Å². The first-order valence-electron chi connectivity index (χ1n) is 12.1. The van der Waals surface area contributed by atoms with E-state index in [9.17, 15) is 8.42 Å². The summed E-state index contributed by atoms with van der Waals surface area (Å²) in [5.41, 5.74) is 8.14. The molecule has 4 aliphatic rings. The summed E-state index contributed by atoms with van der Waals surface area (Å²) in [4.78, 5) is 7.12. The summed E-state index contributed by atoms with van der Waals surface area (Å²) in [6.45, 7) is 4.91. The molecule has 0 saturated carbocycles. The number of fused-ring (bicyclic) bond motifs is 1. The number of morpholine rings is 1. The van der Waals surface area contributed by atoms with Gasteiger partial charge in [-0.15, -0.1) is 0 Å². The molecule has 0 spiro atoms. The Morgan fingerprint density at radius 1 is 1.23 bits per heavy atom. The number of benzene rings is 1. The molecule has 0 bridgehead atoms. The van der Waals surface area contributed by atoms with Crippen molar-refractivity contribution < 1.29 is 17.9 Å². The van der Waals surface area contributed by atoms with Gasteiger partial charge >= 0.3 is 0 Å². The normalized spacial score (nSPS) is 26.3. The van der Waals surface area contributed by atoms with Crippen LogP contribution < -0.4 is 21.1 Å². The van der Waals surface area contributed by atoms with Gasteiger partial charge in [-0.25, -0.2) is 8.42 Å². The molecular formula is C24H34N6O4S. The van der Waals surface area contributed by atoms with E-state index >= 15 is 0 Å². The highest BCUT2D eigenvalue weighted by Crippen LogP contribution is 2.35. The van der Waals surface area contributed by atoms with Crippen LogP contribution in [0.5, 0.6) is 5.75 Å². The Bertz CT molecular complexity index is 1170. The number of aliphatic imine (C=N–C) groups is 1. The minimum absolute atomic E-state index is 0.207. The standard InChI is InChI=1S/C24H34N6O4S/c1-26-21-16-24(25,28-23-19(21)5-8-27-23)20-4-3-18(15-22(20)33-2)35(31,32)30-9-6-17(7-10-30)29-11-13-34-14-12-29/h3-5,15-17,26H,6-14,25H2,1-2H3,(H,27,28). The number of amidine groups is 1. The molecule has 4 heterocycles. The summed E-state index contributed by atoms with van der Waals surface area (Å²) in [5, 5.41) is 6.48. The summed E-state index contributed by atoms with van der Waals surface area (Å²) < 4.78 is 39.7. The van der Waals surface area contributed by atoms with E-state index in [1.807, 2.05) is 19.2 Å². The fraction of sp³-hybridized carbons (Fsp3) is 0.542. The van der Waals surface area contributed by atoms with Gasteiger partial charge in [0.1, 0.15) is 17.2 Å². The molecule has 1 unspecified atom stereocenters. The summed E-state index contributed by atoms with van der Waals surface area (Å²) >= 11 is 0. The van der Waals surface area contributed by atoms with Crippen LogP contribution in [0.1, 0.15) is 18.4 Å². The van der Waals surface area contributed by atoms with Crippen molar-refractivity contribution in [3.05, 3.63) is 47.2 Å². The summed E-state index contributed by atoms with van der Waals surface area (Å²) in [6.07, 6.45) is 5.55. The predicted octanol–water partition coefficient (Wildman–Crippen LogP) is 0.337. The van der Waals surface area contributed by atoms with Crippen molar-refractivity contribution in [2.24, 2.45) is 10.7 Å². The maximum absolute atomic E-state index is 13.5. The Labute approximate surface area is 206 Å². The number of ether oxygens (including phenoxy) is 2. The van der Waals surface area contributed by atoms with Gasteiger partial charge in [-0.3, -0.25) is 9.89 Å². The maximum Gasteiger partial charge on any atom is 0.243 e. The van der Waals surface area contributed by atoms with Crippen LogP contribution in [0.15, 0.2) is 51.5 Å².